The van der Waals surface area contributed by atoms with E-state index in [9.17, 15) is 4.79 Å². The molecule has 1 aliphatic carbocycles. The summed E-state index contributed by atoms with van der Waals surface area (Å²) in [7, 11) is 0. The second kappa shape index (κ2) is 3.83. The summed E-state index contributed by atoms with van der Waals surface area (Å²) in [6, 6.07) is 5.50. The van der Waals surface area contributed by atoms with Crippen molar-refractivity contribution in [2.24, 2.45) is 5.73 Å². The van der Waals surface area contributed by atoms with Crippen molar-refractivity contribution in [1.82, 2.24) is 9.97 Å². The number of aromatic amines is 1. The van der Waals surface area contributed by atoms with Crippen molar-refractivity contribution < 1.29 is 4.79 Å². The van der Waals surface area contributed by atoms with Gasteiger partial charge in [0.05, 0.1) is 11.1 Å². The lowest BCUT2D eigenvalue weighted by atomic mass is 9.88. The predicted octanol–water partition coefficient (Wildman–Crippen LogP) is 2.49. The van der Waals surface area contributed by atoms with Crippen molar-refractivity contribution in [3.63, 3.8) is 0 Å². The van der Waals surface area contributed by atoms with Crippen LogP contribution in [0.1, 0.15) is 48.8 Å². The fourth-order valence-electron chi connectivity index (χ4n) is 2.91. The number of nitrogens with one attached hydrogen (secondary N) is 1. The van der Waals surface area contributed by atoms with E-state index in [1.54, 1.807) is 6.07 Å². The molecule has 1 amide bonds. The van der Waals surface area contributed by atoms with Gasteiger partial charge in [-0.3, -0.25) is 4.79 Å². The molecule has 4 nitrogen and oxygen atoms in total. The molecule has 1 heterocycles. The Labute approximate surface area is 106 Å². The summed E-state index contributed by atoms with van der Waals surface area (Å²) < 4.78 is 0. The summed E-state index contributed by atoms with van der Waals surface area (Å²) >= 11 is 0. The van der Waals surface area contributed by atoms with Crippen LogP contribution >= 0.6 is 0 Å². The average molecular weight is 243 g/mol. The van der Waals surface area contributed by atoms with Gasteiger partial charge in [-0.05, 0) is 25.0 Å². The van der Waals surface area contributed by atoms with Crippen LogP contribution in [0.5, 0.6) is 0 Å². The Morgan fingerprint density at radius 3 is 2.78 bits per heavy atom. The summed E-state index contributed by atoms with van der Waals surface area (Å²) in [5, 5.41) is 0. The molecule has 0 atom stereocenters. The molecule has 0 aliphatic heterocycles. The van der Waals surface area contributed by atoms with E-state index in [0.29, 0.717) is 11.1 Å². The van der Waals surface area contributed by atoms with Gasteiger partial charge in [0.1, 0.15) is 11.3 Å². The standard InChI is InChI=1S/C14H17N3O/c1-14(7-2-3-8-14)13-16-10-6-4-5-9(12(15)18)11(10)17-13/h4-6H,2-3,7-8H2,1H3,(H2,15,18)(H,16,17). The minimum atomic E-state index is -0.421. The maximum atomic E-state index is 11.4. The number of nitrogens with two attached hydrogens (primary N) is 1. The first-order valence-electron chi connectivity index (χ1n) is 6.39. The molecular weight excluding hydrogens is 226 g/mol. The molecule has 1 aromatic heterocycles. The Morgan fingerprint density at radius 2 is 2.11 bits per heavy atom. The van der Waals surface area contributed by atoms with Gasteiger partial charge in [-0.1, -0.05) is 25.8 Å². The maximum absolute atomic E-state index is 11.4. The Morgan fingerprint density at radius 1 is 1.39 bits per heavy atom. The summed E-state index contributed by atoms with van der Waals surface area (Å²) in [5.74, 6) is 0.568. The molecule has 0 unspecified atom stereocenters. The number of fused-ring (bicyclic) bond motifs is 1. The summed E-state index contributed by atoms with van der Waals surface area (Å²) in [4.78, 5) is 19.4. The number of H-pyrrole nitrogens is 1. The fourth-order valence-corrected chi connectivity index (χ4v) is 2.91. The lowest BCUT2D eigenvalue weighted by molar-refractivity contribution is 0.100. The van der Waals surface area contributed by atoms with E-state index < -0.39 is 5.91 Å². The van der Waals surface area contributed by atoms with Gasteiger partial charge in [-0.25, -0.2) is 4.98 Å². The van der Waals surface area contributed by atoms with Gasteiger partial charge < -0.3 is 10.7 Å². The van der Waals surface area contributed by atoms with E-state index in [4.69, 9.17) is 5.73 Å². The average Bonchev–Trinajstić information content (AvgIpc) is 2.94. The topological polar surface area (TPSA) is 71.8 Å². The molecule has 1 aromatic carbocycles. The zero-order valence-corrected chi connectivity index (χ0v) is 10.5. The number of rotatable bonds is 2. The molecular formula is C14H17N3O. The van der Waals surface area contributed by atoms with E-state index in [1.807, 2.05) is 12.1 Å². The molecule has 94 valence electrons. The lowest BCUT2D eigenvalue weighted by Crippen LogP contribution is -2.18. The number of amides is 1. The van der Waals surface area contributed by atoms with Crippen LogP contribution in [0.25, 0.3) is 11.0 Å². The van der Waals surface area contributed by atoms with Crippen LogP contribution in [0.3, 0.4) is 0 Å². The number of carbonyl (C=O) groups is 1. The third-order valence-corrected chi connectivity index (χ3v) is 4.06. The summed E-state index contributed by atoms with van der Waals surface area (Å²) in [5.41, 5.74) is 7.60. The van der Waals surface area contributed by atoms with E-state index in [1.165, 1.54) is 12.8 Å². The van der Waals surface area contributed by atoms with Crippen molar-refractivity contribution in [3.05, 3.63) is 29.6 Å². The van der Waals surface area contributed by atoms with Crippen LogP contribution in [-0.4, -0.2) is 15.9 Å². The normalized spacial score (nSPS) is 18.3. The van der Waals surface area contributed by atoms with Crippen molar-refractivity contribution in [2.45, 2.75) is 38.0 Å². The molecule has 4 heteroatoms. The van der Waals surface area contributed by atoms with E-state index >= 15 is 0 Å². The Kier molecular flexibility index (Phi) is 2.40. The molecule has 1 saturated carbocycles. The highest BCUT2D eigenvalue weighted by Gasteiger charge is 2.33. The molecule has 1 aliphatic rings. The van der Waals surface area contributed by atoms with E-state index in [-0.39, 0.29) is 5.41 Å². The van der Waals surface area contributed by atoms with Gasteiger partial charge in [-0.15, -0.1) is 0 Å². The van der Waals surface area contributed by atoms with Crippen molar-refractivity contribution in [2.75, 3.05) is 0 Å². The predicted molar refractivity (Wildman–Crippen MR) is 70.4 cm³/mol. The Balaban J connectivity index is 2.16. The first kappa shape index (κ1) is 11.3. The molecule has 3 N–H and O–H groups in total. The molecule has 18 heavy (non-hydrogen) atoms. The van der Waals surface area contributed by atoms with E-state index in [0.717, 1.165) is 24.2 Å². The second-order valence-electron chi connectivity index (χ2n) is 5.42. The van der Waals surface area contributed by atoms with Gasteiger partial charge >= 0.3 is 0 Å². The molecule has 0 spiro atoms. The first-order valence-corrected chi connectivity index (χ1v) is 6.39. The van der Waals surface area contributed by atoms with Crippen molar-refractivity contribution in [3.8, 4) is 0 Å². The highest BCUT2D eigenvalue weighted by atomic mass is 16.1. The number of primary amides is 1. The monoisotopic (exact) mass is 243 g/mol. The van der Waals surface area contributed by atoms with Gasteiger partial charge in [0.2, 0.25) is 0 Å². The Hall–Kier alpha value is -1.84. The van der Waals surface area contributed by atoms with Gasteiger partial charge in [0.15, 0.2) is 0 Å². The third kappa shape index (κ3) is 1.60. The maximum Gasteiger partial charge on any atom is 0.250 e. The van der Waals surface area contributed by atoms with Gasteiger partial charge in [-0.2, -0.15) is 0 Å². The number of carbonyl (C=O) groups excluding carboxylic acids is 1. The Bertz CT molecular complexity index is 609. The zero-order chi connectivity index (χ0) is 12.8. The van der Waals surface area contributed by atoms with Crippen LogP contribution in [0.2, 0.25) is 0 Å². The molecule has 1 fully saturated rings. The quantitative estimate of drug-likeness (QED) is 0.850. The molecule has 2 aromatic rings. The lowest BCUT2D eigenvalue weighted by Gasteiger charge is -2.19. The van der Waals surface area contributed by atoms with Crippen LogP contribution in [-0.2, 0) is 5.41 Å². The summed E-state index contributed by atoms with van der Waals surface area (Å²) in [6.07, 6.45) is 4.80. The van der Waals surface area contributed by atoms with Crippen LogP contribution in [0.15, 0.2) is 18.2 Å². The minimum absolute atomic E-state index is 0.119. The smallest absolute Gasteiger partial charge is 0.250 e. The zero-order valence-electron chi connectivity index (χ0n) is 10.5. The largest absolute Gasteiger partial charge is 0.366 e. The highest BCUT2D eigenvalue weighted by molar-refractivity contribution is 6.04. The number of para-hydroxylation sites is 1. The number of hydrogen-bond donors (Lipinski definition) is 2. The molecule has 0 bridgehead atoms. The molecule has 3 rings (SSSR count). The number of benzene rings is 1. The van der Waals surface area contributed by atoms with Crippen molar-refractivity contribution >= 4 is 16.9 Å². The number of nitrogens with zero attached hydrogens (tertiary/aromatic N) is 1. The second-order valence-corrected chi connectivity index (χ2v) is 5.42. The fraction of sp³-hybridized carbons (Fsp3) is 0.429. The third-order valence-electron chi connectivity index (χ3n) is 4.06. The highest BCUT2D eigenvalue weighted by Crippen LogP contribution is 2.39. The van der Waals surface area contributed by atoms with Crippen LogP contribution in [0, 0.1) is 0 Å². The van der Waals surface area contributed by atoms with E-state index in [2.05, 4.69) is 16.9 Å². The van der Waals surface area contributed by atoms with Crippen molar-refractivity contribution in [1.29, 1.82) is 0 Å². The minimum Gasteiger partial charge on any atom is -0.366 e. The first-order chi connectivity index (χ1) is 8.60. The number of aromatic nitrogens is 2. The van der Waals surface area contributed by atoms with Crippen LogP contribution < -0.4 is 5.73 Å². The summed E-state index contributed by atoms with van der Waals surface area (Å²) in [6.45, 7) is 2.24. The van der Waals surface area contributed by atoms with Gasteiger partial charge in [0, 0.05) is 5.41 Å². The number of imidazole rings is 1. The van der Waals surface area contributed by atoms with Gasteiger partial charge in [0.25, 0.3) is 5.91 Å². The van der Waals surface area contributed by atoms with Crippen LogP contribution in [0.4, 0.5) is 0 Å². The SMILES string of the molecule is CC1(c2nc3c(C(N)=O)cccc3[nH]2)CCCC1. The molecule has 0 saturated heterocycles. The molecule has 0 radical (unpaired) electrons. The number of hydrogen-bond acceptors (Lipinski definition) is 2.